The highest BCUT2D eigenvalue weighted by Gasteiger charge is 2.20. The van der Waals surface area contributed by atoms with E-state index in [4.69, 9.17) is 0 Å². The fourth-order valence-electron chi connectivity index (χ4n) is 5.36. The van der Waals surface area contributed by atoms with Gasteiger partial charge in [-0.1, -0.05) is 60.7 Å². The standard InChI is InChI=1S/C28H14O2/c29-16-13-22-19-9-4-3-8-18(19)21-12-15-6-1-2-7-17(15)27-26-20(10-5-11-24(26)30)23(14-16)25(22)28(21)27/h1-14H. The van der Waals surface area contributed by atoms with Gasteiger partial charge in [0, 0.05) is 10.8 Å². The first-order chi connectivity index (χ1) is 14.7. The first-order valence-electron chi connectivity index (χ1n) is 10.0. The number of hydrogen-bond donors (Lipinski definition) is 0. The van der Waals surface area contributed by atoms with E-state index in [0.717, 1.165) is 59.2 Å². The van der Waals surface area contributed by atoms with Gasteiger partial charge in [0.05, 0.1) is 0 Å². The smallest absolute Gasteiger partial charge is 0.187 e. The minimum Gasteiger partial charge on any atom is -0.290 e. The molecule has 7 rings (SSSR count). The lowest BCUT2D eigenvalue weighted by atomic mass is 9.84. The van der Waals surface area contributed by atoms with Gasteiger partial charge >= 0.3 is 0 Å². The van der Waals surface area contributed by atoms with Gasteiger partial charge in [0.1, 0.15) is 0 Å². The van der Waals surface area contributed by atoms with Crippen molar-refractivity contribution in [1.82, 2.24) is 0 Å². The highest BCUT2D eigenvalue weighted by atomic mass is 16.1. The maximum absolute atomic E-state index is 13.1. The number of fused-ring (bicyclic) bond motifs is 8. The highest BCUT2D eigenvalue weighted by Crippen LogP contribution is 2.45. The molecule has 0 aliphatic rings. The molecular formula is C28H14O2. The number of hydrogen-bond acceptors (Lipinski definition) is 2. The third-order valence-corrected chi connectivity index (χ3v) is 6.48. The average Bonchev–Trinajstić information content (AvgIpc) is 2.77. The lowest BCUT2D eigenvalue weighted by Crippen LogP contribution is -2.04. The molecule has 0 spiro atoms. The van der Waals surface area contributed by atoms with Crippen LogP contribution in [0, 0.1) is 0 Å². The zero-order valence-corrected chi connectivity index (χ0v) is 15.9. The van der Waals surface area contributed by atoms with Crippen molar-refractivity contribution in [3.63, 3.8) is 0 Å². The molecule has 0 heterocycles. The van der Waals surface area contributed by atoms with Crippen molar-refractivity contribution >= 4 is 64.6 Å². The average molecular weight is 382 g/mol. The van der Waals surface area contributed by atoms with Crippen LogP contribution in [0.1, 0.15) is 0 Å². The van der Waals surface area contributed by atoms with Gasteiger partial charge < -0.3 is 0 Å². The molecule has 0 aliphatic heterocycles. The SMILES string of the molecule is O=c1cc2c3ccccc3c3cc4ccccc4c4c5c(=O)cccc5c(c1)c2c34. The van der Waals surface area contributed by atoms with E-state index in [0.29, 0.717) is 5.39 Å². The molecule has 0 saturated carbocycles. The van der Waals surface area contributed by atoms with Gasteiger partial charge in [-0.3, -0.25) is 9.59 Å². The number of rotatable bonds is 0. The molecule has 0 N–H and O–H groups in total. The van der Waals surface area contributed by atoms with Gasteiger partial charge in [0.25, 0.3) is 0 Å². The largest absolute Gasteiger partial charge is 0.290 e. The van der Waals surface area contributed by atoms with Gasteiger partial charge in [0.2, 0.25) is 0 Å². The van der Waals surface area contributed by atoms with Crippen LogP contribution in [0.25, 0.3) is 64.6 Å². The molecular weight excluding hydrogens is 368 g/mol. The Morgan fingerprint density at radius 1 is 0.400 bits per heavy atom. The van der Waals surface area contributed by atoms with Crippen LogP contribution in [0.3, 0.4) is 0 Å². The number of benzene rings is 7. The predicted molar refractivity (Wildman–Crippen MR) is 126 cm³/mol. The fourth-order valence-corrected chi connectivity index (χ4v) is 5.36. The summed E-state index contributed by atoms with van der Waals surface area (Å²) in [5.74, 6) is 0. The van der Waals surface area contributed by atoms with E-state index in [9.17, 15) is 9.59 Å². The topological polar surface area (TPSA) is 34.1 Å². The maximum Gasteiger partial charge on any atom is 0.187 e. The Morgan fingerprint density at radius 2 is 0.967 bits per heavy atom. The van der Waals surface area contributed by atoms with Crippen LogP contribution in [-0.4, -0.2) is 0 Å². The molecule has 7 aromatic rings. The molecule has 0 radical (unpaired) electrons. The lowest BCUT2D eigenvalue weighted by Gasteiger charge is -2.18. The summed E-state index contributed by atoms with van der Waals surface area (Å²) in [4.78, 5) is 25.8. The van der Waals surface area contributed by atoms with Crippen molar-refractivity contribution < 1.29 is 0 Å². The van der Waals surface area contributed by atoms with Crippen LogP contribution in [0.15, 0.2) is 94.5 Å². The van der Waals surface area contributed by atoms with Gasteiger partial charge in [-0.2, -0.15) is 0 Å². The first kappa shape index (κ1) is 15.8. The van der Waals surface area contributed by atoms with E-state index in [1.165, 1.54) is 0 Å². The second kappa shape index (κ2) is 5.31. The van der Waals surface area contributed by atoms with E-state index < -0.39 is 0 Å². The van der Waals surface area contributed by atoms with Crippen molar-refractivity contribution in [2.24, 2.45) is 0 Å². The Balaban J connectivity index is 2.07. The molecule has 2 heteroatoms. The van der Waals surface area contributed by atoms with E-state index in [1.54, 1.807) is 24.3 Å². The molecule has 0 unspecified atom stereocenters. The van der Waals surface area contributed by atoms with Gasteiger partial charge in [0.15, 0.2) is 10.9 Å². The van der Waals surface area contributed by atoms with Gasteiger partial charge in [-0.15, -0.1) is 0 Å². The molecule has 30 heavy (non-hydrogen) atoms. The summed E-state index contributed by atoms with van der Waals surface area (Å²) < 4.78 is 0. The Hall–Kier alpha value is -4.04. The molecule has 2 nitrogen and oxygen atoms in total. The Bertz CT molecular complexity index is 1930. The molecule has 0 amide bonds. The van der Waals surface area contributed by atoms with Crippen LogP contribution in [0.4, 0.5) is 0 Å². The van der Waals surface area contributed by atoms with E-state index >= 15 is 0 Å². The van der Waals surface area contributed by atoms with Crippen molar-refractivity contribution in [2.45, 2.75) is 0 Å². The lowest BCUT2D eigenvalue weighted by molar-refractivity contribution is 1.67. The maximum atomic E-state index is 13.1. The van der Waals surface area contributed by atoms with E-state index in [2.05, 4.69) is 30.3 Å². The third-order valence-electron chi connectivity index (χ3n) is 6.48. The van der Waals surface area contributed by atoms with Crippen LogP contribution < -0.4 is 10.9 Å². The minimum absolute atomic E-state index is 0.00610. The zero-order chi connectivity index (χ0) is 20.0. The zero-order valence-electron chi connectivity index (χ0n) is 15.9. The summed E-state index contributed by atoms with van der Waals surface area (Å²) in [6, 6.07) is 27.5. The second-order valence-electron chi connectivity index (χ2n) is 8.01. The molecule has 0 aliphatic carbocycles. The molecule has 0 fully saturated rings. The predicted octanol–water partition coefficient (Wildman–Crippen LogP) is 6.20. The summed E-state index contributed by atoms with van der Waals surface area (Å²) in [5.41, 5.74) is -0.0399. The van der Waals surface area contributed by atoms with Gasteiger partial charge in [-0.05, 0) is 78.1 Å². The van der Waals surface area contributed by atoms with E-state index in [1.807, 2.05) is 30.3 Å². The van der Waals surface area contributed by atoms with Crippen LogP contribution in [0.2, 0.25) is 0 Å². The van der Waals surface area contributed by atoms with Crippen LogP contribution in [0.5, 0.6) is 0 Å². The normalized spacial score (nSPS) is 12.3. The first-order valence-corrected chi connectivity index (χ1v) is 10.0. The molecule has 0 atom stereocenters. The summed E-state index contributed by atoms with van der Waals surface area (Å²) >= 11 is 0. The molecule has 0 aromatic heterocycles. The van der Waals surface area contributed by atoms with Crippen molar-refractivity contribution in [3.8, 4) is 0 Å². The minimum atomic E-state index is -0.0338. The molecule has 0 saturated heterocycles. The molecule has 0 bridgehead atoms. The van der Waals surface area contributed by atoms with Crippen molar-refractivity contribution in [3.05, 3.63) is 105 Å². The molecule has 138 valence electrons. The monoisotopic (exact) mass is 382 g/mol. The van der Waals surface area contributed by atoms with Gasteiger partial charge in [-0.25, -0.2) is 0 Å². The Kier molecular flexibility index (Phi) is 2.80. The highest BCUT2D eigenvalue weighted by molar-refractivity contribution is 6.43. The quantitative estimate of drug-likeness (QED) is 0.231. The summed E-state index contributed by atoms with van der Waals surface area (Å²) in [7, 11) is 0. The summed E-state index contributed by atoms with van der Waals surface area (Å²) in [5, 5.41) is 12.0. The van der Waals surface area contributed by atoms with Crippen molar-refractivity contribution in [1.29, 1.82) is 0 Å². The second-order valence-corrected chi connectivity index (χ2v) is 8.01. The van der Waals surface area contributed by atoms with Crippen molar-refractivity contribution in [2.75, 3.05) is 0 Å². The fraction of sp³-hybridized carbons (Fsp3) is 0. The molecule has 7 aromatic carbocycles. The van der Waals surface area contributed by atoms with Crippen LogP contribution in [-0.2, 0) is 0 Å². The van der Waals surface area contributed by atoms with E-state index in [-0.39, 0.29) is 10.9 Å². The Morgan fingerprint density at radius 3 is 1.73 bits per heavy atom. The Labute approximate surface area is 170 Å². The third kappa shape index (κ3) is 1.79. The van der Waals surface area contributed by atoms with Crippen LogP contribution >= 0.6 is 0 Å². The summed E-state index contributed by atoms with van der Waals surface area (Å²) in [6.07, 6.45) is 0. The summed E-state index contributed by atoms with van der Waals surface area (Å²) in [6.45, 7) is 0.